The first-order chi connectivity index (χ1) is 71.1. The first-order valence-corrected chi connectivity index (χ1v) is 58.6. The van der Waals surface area contributed by atoms with E-state index in [1.54, 1.807) is 132 Å². The second kappa shape index (κ2) is 41.0. The van der Waals surface area contributed by atoms with E-state index in [0.717, 1.165) is 287 Å². The molecule has 42 heteroatoms. The van der Waals surface area contributed by atoms with Crippen LogP contribution in [0.2, 0.25) is 0 Å². The van der Waals surface area contributed by atoms with Crippen molar-refractivity contribution in [2.24, 2.45) is 21.1 Å². The fourth-order valence-corrected chi connectivity index (χ4v) is 28.4. The molecule has 0 saturated heterocycles. The molecule has 5 heterocycles. The number of amides is 10. The molecule has 10 aromatic carbocycles. The van der Waals surface area contributed by atoms with Crippen LogP contribution in [0.1, 0.15) is 203 Å². The molecule has 37 nitrogen and oxygen atoms in total. The molecule has 0 spiro atoms. The molecule has 0 bridgehead atoms. The quantitative estimate of drug-likeness (QED) is 0.0337. The number of H-pyrrole nitrogens is 2. The molecule has 10 aliphatic carbocycles. The number of urea groups is 5. The van der Waals surface area contributed by atoms with Crippen molar-refractivity contribution in [3.05, 3.63) is 279 Å². The largest absolute Gasteiger partial charge is 0.332 e. The van der Waals surface area contributed by atoms with Gasteiger partial charge >= 0.3 is 30.2 Å². The topological polar surface area (TPSA) is 513 Å². The monoisotopic (exact) mass is 2090 g/mol. The van der Waals surface area contributed by atoms with Crippen molar-refractivity contribution in [1.29, 1.82) is 0 Å². The number of nitrogens with zero attached hydrogens (tertiary/aromatic N) is 10. The summed E-state index contributed by atoms with van der Waals surface area (Å²) >= 11 is 0. The molecule has 0 unspecified atom stereocenters. The number of carbonyl (C=O) groups excluding carboxylic acids is 5. The van der Waals surface area contributed by atoms with Crippen molar-refractivity contribution < 1.29 is 66.1 Å². The van der Waals surface area contributed by atoms with E-state index in [1.165, 1.54) is 89.0 Å². The van der Waals surface area contributed by atoms with Gasteiger partial charge in [-0.25, -0.2) is 99.0 Å². The van der Waals surface area contributed by atoms with Crippen molar-refractivity contribution in [3.63, 3.8) is 0 Å². The molecule has 0 atom stereocenters. The molecule has 10 aliphatic rings. The van der Waals surface area contributed by atoms with Gasteiger partial charge in [-0.2, -0.15) is 15.3 Å². The second-order valence-electron chi connectivity index (χ2n) is 40.1. The summed E-state index contributed by atoms with van der Waals surface area (Å²) in [7, 11) is -13.9. The maximum Gasteiger partial charge on any atom is 0.332 e. The molecular weight excluding hydrogens is 1980 g/mol. The molecule has 0 aliphatic heterocycles. The number of rotatable bonds is 20. The minimum absolute atomic E-state index is 0.268. The van der Waals surface area contributed by atoms with Gasteiger partial charge in [-0.1, -0.05) is 77.2 Å². The van der Waals surface area contributed by atoms with Gasteiger partial charge in [-0.05, 0) is 386 Å². The van der Waals surface area contributed by atoms with E-state index in [2.05, 4.69) is 127 Å². The lowest BCUT2D eigenvalue weighted by Crippen LogP contribution is -2.35. The molecule has 148 heavy (non-hydrogen) atoms. The van der Waals surface area contributed by atoms with Crippen molar-refractivity contribution in [3.8, 4) is 0 Å². The van der Waals surface area contributed by atoms with Crippen LogP contribution in [0, 0.1) is 0 Å². The average Bonchev–Trinajstić information content (AvgIpc) is 1.63. The Bertz CT molecular complexity index is 8030. The number of aryl methyl sites for hydroxylation is 13. The van der Waals surface area contributed by atoms with Crippen LogP contribution in [-0.2, 0) is 228 Å². The van der Waals surface area contributed by atoms with E-state index in [-0.39, 0.29) is 28.8 Å². The van der Waals surface area contributed by atoms with E-state index < -0.39 is 80.3 Å². The van der Waals surface area contributed by atoms with Crippen LogP contribution in [-0.4, -0.2) is 132 Å². The first kappa shape index (κ1) is 99.5. The van der Waals surface area contributed by atoms with Crippen molar-refractivity contribution in [1.82, 2.24) is 83.8 Å². The maximum absolute atomic E-state index is 12.6. The summed E-state index contributed by atoms with van der Waals surface area (Å²) in [5, 5.41) is 50.5. The number of sulfonamides is 5. The van der Waals surface area contributed by atoms with Gasteiger partial charge in [0.25, 0.3) is 0 Å². The van der Waals surface area contributed by atoms with E-state index in [9.17, 15) is 66.1 Å². The molecule has 10 amide bonds. The number of hydrogen-bond donors (Lipinski definition) is 12. The van der Waals surface area contributed by atoms with Crippen molar-refractivity contribution in [2.45, 2.75) is 221 Å². The number of fused-ring (bicyclic) bond motifs is 15. The molecule has 0 radical (unpaired) electrons. The normalized spacial score (nSPS) is 15.3. The van der Waals surface area contributed by atoms with Crippen LogP contribution in [0.5, 0.6) is 0 Å². The lowest BCUT2D eigenvalue weighted by molar-refractivity contribution is 0.255. The number of benzene rings is 10. The predicted molar refractivity (Wildman–Crippen MR) is 566 cm³/mol. The van der Waals surface area contributed by atoms with Gasteiger partial charge < -0.3 is 26.6 Å². The molecule has 5 aromatic heterocycles. The summed E-state index contributed by atoms with van der Waals surface area (Å²) in [6.45, 7) is 0. The fraction of sp³-hybridized carbons (Fsp3) is 0.358. The smallest absolute Gasteiger partial charge is 0.307 e. The number of anilines is 5. The zero-order valence-electron chi connectivity index (χ0n) is 82.2. The van der Waals surface area contributed by atoms with Crippen LogP contribution >= 0.6 is 0 Å². The number of aromatic nitrogens is 12. The lowest BCUT2D eigenvalue weighted by atomic mass is 9.99. The zero-order valence-corrected chi connectivity index (χ0v) is 86.2. The molecule has 25 rings (SSSR count). The summed E-state index contributed by atoms with van der Waals surface area (Å²) < 4.78 is 142. The van der Waals surface area contributed by atoms with Gasteiger partial charge in [0.15, 0.2) is 0 Å². The standard InChI is InChI=1S/C22H24N4O3S.2C21H23N5O3S.2C21H22N4O3S/c1-26-20-9-8-14(10-17(20)12-23-26)13-30(28,29)25-22(27)24-21-18-6-2-4-15(18)11-16-5-3-7-19(16)21;1-26-19-9-8-13(10-18(19)23-25-26)12-30(28,29)24-21(27)22-20-16-6-2-4-14(16)11-15-5-3-7-17(15)20;1-26-19-10-13(8-9-18(19)23-25-26)12-30(28,29)24-21(27)22-20-16-6-2-4-14(16)11-15-5-3-7-17(15)20;26-21(23-20-17-5-1-3-14(17)10-15-4-2-6-18(15)20)25-29(27,28)12-13-7-8-19-16(9-13)11-22-24-19;26-21(23-20-17-5-1-3-14(17)10-15-4-2-6-18(15)20)25-29(27,28)12-13-7-8-16-11-22-24-19(16)9-13/h8-12H,2-7,13H2,1H3,(H2,24,25,27);2*8-11H,2-7,12H2,1H3,(H2,22,24,27);2*7-11H,1-6,12H2,(H,22,24)(H2,23,25,26). The highest BCUT2D eigenvalue weighted by molar-refractivity contribution is 7.90. The Morgan fingerprint density at radius 3 is 0.899 bits per heavy atom. The van der Waals surface area contributed by atoms with Crippen molar-refractivity contribution >= 4 is 163 Å². The third-order valence-electron chi connectivity index (χ3n) is 29.8. The number of hydrogen-bond acceptors (Lipinski definition) is 22. The number of aromatic amines is 2. The molecule has 0 saturated carbocycles. The Balaban J connectivity index is 0.000000108. The minimum atomic E-state index is -3.86. The Hall–Kier alpha value is -14.5. The predicted octanol–water partition coefficient (Wildman–Crippen LogP) is 14.8. The highest BCUT2D eigenvalue weighted by Gasteiger charge is 2.35. The third kappa shape index (κ3) is 21.9. The average molecular weight is 2100 g/mol. The summed E-state index contributed by atoms with van der Waals surface area (Å²) in [4.78, 5) is 63.0. The number of nitrogens with one attached hydrogen (secondary N) is 12. The second-order valence-corrected chi connectivity index (χ2v) is 48.7. The SMILES string of the molecule is Cn1ncc2cc(CS(=O)(=O)NC(=O)Nc3c4c(cc5c3CCC5)CCC4)ccc21.Cn1nnc2cc(CS(=O)(=O)NC(=O)Nc3c4c(cc5c3CCC5)CCC4)ccc21.Cn1nnc2ccc(CS(=O)(=O)NC(=O)Nc3c4c(cc5c3CCC5)CCC4)cc21.O=C(Nc1c2c(cc3c1CCC3)CCC2)NS(=O)(=O)Cc1ccc2[nH]ncc2c1.O=C(Nc1c2c(cc3c1CCC3)CCC2)NS(=O)(=O)Cc1ccc2cn[nH]c2c1. The van der Waals surface area contributed by atoms with E-state index in [4.69, 9.17) is 0 Å². The minimum Gasteiger partial charge on any atom is -0.307 e. The van der Waals surface area contributed by atoms with E-state index >= 15 is 0 Å². The van der Waals surface area contributed by atoms with Crippen molar-refractivity contribution in [2.75, 3.05) is 26.6 Å². The summed E-state index contributed by atoms with van der Waals surface area (Å²) in [5.41, 5.74) is 37.0. The van der Waals surface area contributed by atoms with E-state index in [0.29, 0.717) is 38.9 Å². The zero-order chi connectivity index (χ0) is 103. The van der Waals surface area contributed by atoms with Gasteiger partial charge in [0, 0.05) is 65.7 Å². The van der Waals surface area contributed by atoms with Gasteiger partial charge in [0.1, 0.15) is 11.0 Å². The highest BCUT2D eigenvalue weighted by atomic mass is 32.2. The fourth-order valence-electron chi connectivity index (χ4n) is 23.3. The summed E-state index contributed by atoms with van der Waals surface area (Å²) in [5.74, 6) is -1.42. The molecule has 768 valence electrons. The van der Waals surface area contributed by atoms with Crippen LogP contribution in [0.15, 0.2) is 140 Å². The first-order valence-electron chi connectivity index (χ1n) is 50.4. The van der Waals surface area contributed by atoms with Crippen LogP contribution in [0.4, 0.5) is 52.4 Å². The Morgan fingerprint density at radius 1 is 0.264 bits per heavy atom. The Kier molecular flexibility index (Phi) is 27.5. The number of carbonyl (C=O) groups is 5. The Labute approximate surface area is 855 Å². The highest BCUT2D eigenvalue weighted by Crippen LogP contribution is 2.45. The van der Waals surface area contributed by atoms with Gasteiger partial charge in [-0.3, -0.25) is 14.9 Å². The Morgan fingerprint density at radius 2 is 0.541 bits per heavy atom. The maximum atomic E-state index is 12.6. The summed E-state index contributed by atoms with van der Waals surface area (Å²) in [6.07, 6.45) is 35.2. The molecule has 15 aromatic rings. The van der Waals surface area contributed by atoms with E-state index in [1.807, 2.05) is 13.1 Å². The molecule has 12 N–H and O–H groups in total. The van der Waals surface area contributed by atoms with Crippen LogP contribution in [0.25, 0.3) is 54.8 Å². The molecular formula is C106H114N22O15S5. The van der Waals surface area contributed by atoms with Gasteiger partial charge in [-0.15, -0.1) is 10.2 Å². The lowest BCUT2D eigenvalue weighted by Gasteiger charge is -2.16. The summed E-state index contributed by atoms with van der Waals surface area (Å²) in [6, 6.07) is 34.1. The van der Waals surface area contributed by atoms with Gasteiger partial charge in [0.2, 0.25) is 50.1 Å². The third-order valence-corrected chi connectivity index (χ3v) is 35.8. The van der Waals surface area contributed by atoms with Crippen LogP contribution < -0.4 is 50.2 Å². The van der Waals surface area contributed by atoms with Gasteiger partial charge in [0.05, 0.1) is 74.9 Å². The molecule has 0 fully saturated rings. The van der Waals surface area contributed by atoms with Crippen LogP contribution in [0.3, 0.4) is 0 Å².